The molecule has 0 saturated heterocycles. The number of fused-ring (bicyclic) bond motifs is 6. The van der Waals surface area contributed by atoms with E-state index >= 15 is 0 Å². The van der Waals surface area contributed by atoms with Crippen LogP contribution < -0.4 is 0 Å². The van der Waals surface area contributed by atoms with E-state index < -0.39 is 5.60 Å². The number of pyridine rings is 1. The van der Waals surface area contributed by atoms with E-state index in [1.54, 1.807) is 6.26 Å². The van der Waals surface area contributed by atoms with Crippen molar-refractivity contribution < 1.29 is 9.52 Å². The highest BCUT2D eigenvalue weighted by Gasteiger charge is 2.63. The number of rotatable bonds is 1. The van der Waals surface area contributed by atoms with E-state index in [2.05, 4.69) is 32.9 Å². The zero-order valence-corrected chi connectivity index (χ0v) is 18.7. The van der Waals surface area contributed by atoms with Crippen LogP contribution in [-0.4, -0.2) is 15.7 Å². The second-order valence-electron chi connectivity index (χ2n) is 11.6. The van der Waals surface area contributed by atoms with Crippen LogP contribution in [0.3, 0.4) is 0 Å². The van der Waals surface area contributed by atoms with Gasteiger partial charge in [-0.1, -0.05) is 19.9 Å². The van der Waals surface area contributed by atoms with Crippen molar-refractivity contribution in [1.29, 1.82) is 0 Å². The van der Waals surface area contributed by atoms with E-state index in [1.165, 1.54) is 49.8 Å². The van der Waals surface area contributed by atoms with Gasteiger partial charge < -0.3 is 9.52 Å². The third kappa shape index (κ3) is 2.45. The third-order valence-electron chi connectivity index (χ3n) is 10.5. The van der Waals surface area contributed by atoms with E-state index in [1.807, 2.05) is 12.1 Å². The fourth-order valence-corrected chi connectivity index (χ4v) is 8.46. The Morgan fingerprint density at radius 2 is 1.83 bits per heavy atom. The van der Waals surface area contributed by atoms with Gasteiger partial charge in [-0.2, -0.15) is 0 Å². The Morgan fingerprint density at radius 3 is 2.63 bits per heavy atom. The van der Waals surface area contributed by atoms with E-state index in [0.717, 1.165) is 42.0 Å². The van der Waals surface area contributed by atoms with Gasteiger partial charge in [0.1, 0.15) is 5.69 Å². The van der Waals surface area contributed by atoms with E-state index in [4.69, 9.17) is 9.40 Å². The SMILES string of the molecule is C[C@]1(O)CCC2C3CC[C@H]4Cc5nc(-c6ccco6)ccc5C[C@]4(C)C3CC[C@@]21C. The predicted octanol–water partition coefficient (Wildman–Crippen LogP) is 6.05. The second kappa shape index (κ2) is 6.22. The number of hydrogen-bond donors (Lipinski definition) is 1. The summed E-state index contributed by atoms with van der Waals surface area (Å²) in [5, 5.41) is 11.2. The first kappa shape index (κ1) is 19.1. The van der Waals surface area contributed by atoms with Crippen molar-refractivity contribution in [2.45, 2.75) is 77.7 Å². The number of aromatic nitrogens is 1. The smallest absolute Gasteiger partial charge is 0.152 e. The lowest BCUT2D eigenvalue weighted by atomic mass is 9.44. The first-order valence-corrected chi connectivity index (χ1v) is 12.1. The van der Waals surface area contributed by atoms with Gasteiger partial charge in [-0.25, -0.2) is 4.98 Å². The zero-order chi connectivity index (χ0) is 20.7. The summed E-state index contributed by atoms with van der Waals surface area (Å²) in [4.78, 5) is 5.04. The first-order chi connectivity index (χ1) is 14.3. The molecule has 30 heavy (non-hydrogen) atoms. The van der Waals surface area contributed by atoms with Gasteiger partial charge in [0.05, 0.1) is 11.9 Å². The number of furan rings is 1. The lowest BCUT2D eigenvalue weighted by Crippen LogP contribution is -2.56. The highest BCUT2D eigenvalue weighted by molar-refractivity contribution is 5.53. The normalized spacial score (nSPS) is 44.7. The molecule has 0 bridgehead atoms. The summed E-state index contributed by atoms with van der Waals surface area (Å²) in [7, 11) is 0. The van der Waals surface area contributed by atoms with Crippen molar-refractivity contribution in [2.24, 2.45) is 34.5 Å². The molecule has 3 nitrogen and oxygen atoms in total. The van der Waals surface area contributed by atoms with Gasteiger partial charge in [0, 0.05) is 5.69 Å². The monoisotopic (exact) mass is 405 g/mol. The van der Waals surface area contributed by atoms with Crippen LogP contribution in [0.4, 0.5) is 0 Å². The number of hydrogen-bond acceptors (Lipinski definition) is 3. The van der Waals surface area contributed by atoms with E-state index in [0.29, 0.717) is 11.3 Å². The Bertz CT molecular complexity index is 963. The van der Waals surface area contributed by atoms with Gasteiger partial charge in [0.15, 0.2) is 5.76 Å². The summed E-state index contributed by atoms with van der Waals surface area (Å²) in [5.74, 6) is 3.88. The highest BCUT2D eigenvalue weighted by atomic mass is 16.3. The fourth-order valence-electron chi connectivity index (χ4n) is 8.46. The molecule has 4 aliphatic carbocycles. The number of nitrogens with zero attached hydrogens (tertiary/aromatic N) is 1. The molecular weight excluding hydrogens is 370 g/mol. The topological polar surface area (TPSA) is 46.3 Å². The maximum absolute atomic E-state index is 11.2. The molecule has 4 aliphatic rings. The summed E-state index contributed by atoms with van der Waals surface area (Å²) in [6, 6.07) is 8.40. The third-order valence-corrected chi connectivity index (χ3v) is 10.5. The van der Waals surface area contributed by atoms with Crippen molar-refractivity contribution >= 4 is 0 Å². The maximum Gasteiger partial charge on any atom is 0.152 e. The average molecular weight is 406 g/mol. The Balaban J connectivity index is 1.32. The minimum Gasteiger partial charge on any atom is -0.463 e. The molecule has 0 amide bonds. The van der Waals surface area contributed by atoms with Crippen molar-refractivity contribution in [3.05, 3.63) is 41.8 Å². The summed E-state index contributed by atoms with van der Waals surface area (Å²) < 4.78 is 5.59. The van der Waals surface area contributed by atoms with E-state index in [-0.39, 0.29) is 5.41 Å². The Labute approximate surface area is 180 Å². The quantitative estimate of drug-likeness (QED) is 0.628. The molecule has 1 N–H and O–H groups in total. The van der Waals surface area contributed by atoms with Crippen LogP contribution in [-0.2, 0) is 12.8 Å². The molecule has 0 radical (unpaired) electrons. The van der Waals surface area contributed by atoms with Crippen LogP contribution in [0.2, 0.25) is 0 Å². The Kier molecular flexibility index (Phi) is 3.96. The molecule has 2 heterocycles. The lowest BCUT2D eigenvalue weighted by molar-refractivity contribution is -0.139. The molecule has 3 heteroatoms. The molecule has 2 aromatic heterocycles. The largest absolute Gasteiger partial charge is 0.463 e. The summed E-state index contributed by atoms with van der Waals surface area (Å²) in [6.07, 6.45) is 11.3. The summed E-state index contributed by atoms with van der Waals surface area (Å²) in [6.45, 7) is 7.10. The molecular formula is C27H35NO2. The van der Waals surface area contributed by atoms with Crippen molar-refractivity contribution in [3.8, 4) is 11.5 Å². The lowest BCUT2D eigenvalue weighted by Gasteiger charge is -2.61. The van der Waals surface area contributed by atoms with Gasteiger partial charge in [-0.3, -0.25) is 0 Å². The minimum absolute atomic E-state index is 0.115. The standard InChI is InChI=1S/C27H35NO2/c1-25-16-17-6-9-22(24-5-4-14-30-24)28-23(17)15-18(25)7-8-19-20(25)10-12-26(2)21(19)11-13-27(26,3)29/h4-6,9,14,18-21,29H,7-8,10-13,15-16H2,1-3H3/t18-,19?,20?,21?,25-,26-,27-/m0/s1. The second-order valence-corrected chi connectivity index (χ2v) is 11.6. The van der Waals surface area contributed by atoms with Crippen molar-refractivity contribution in [1.82, 2.24) is 4.98 Å². The average Bonchev–Trinajstić information content (AvgIpc) is 3.33. The molecule has 2 aromatic rings. The molecule has 7 atom stereocenters. The highest BCUT2D eigenvalue weighted by Crippen LogP contribution is 2.67. The van der Waals surface area contributed by atoms with Gasteiger partial charge in [-0.05, 0) is 117 Å². The van der Waals surface area contributed by atoms with Gasteiger partial charge in [0.25, 0.3) is 0 Å². The van der Waals surface area contributed by atoms with Gasteiger partial charge in [0.2, 0.25) is 0 Å². The molecule has 6 rings (SSSR count). The van der Waals surface area contributed by atoms with Crippen molar-refractivity contribution in [3.63, 3.8) is 0 Å². The van der Waals surface area contributed by atoms with Crippen LogP contribution in [0.15, 0.2) is 34.9 Å². The maximum atomic E-state index is 11.2. The van der Waals surface area contributed by atoms with E-state index in [9.17, 15) is 5.11 Å². The molecule has 3 saturated carbocycles. The zero-order valence-electron chi connectivity index (χ0n) is 18.7. The summed E-state index contributed by atoms with van der Waals surface area (Å²) >= 11 is 0. The minimum atomic E-state index is -0.480. The molecule has 160 valence electrons. The molecule has 0 aliphatic heterocycles. The fraction of sp³-hybridized carbons (Fsp3) is 0.667. The Morgan fingerprint density at radius 1 is 1.00 bits per heavy atom. The molecule has 3 unspecified atom stereocenters. The van der Waals surface area contributed by atoms with Crippen LogP contribution in [0.5, 0.6) is 0 Å². The first-order valence-electron chi connectivity index (χ1n) is 12.1. The molecule has 3 fully saturated rings. The molecule has 0 spiro atoms. The van der Waals surface area contributed by atoms with Crippen molar-refractivity contribution in [2.75, 3.05) is 0 Å². The van der Waals surface area contributed by atoms with Gasteiger partial charge >= 0.3 is 0 Å². The van der Waals surface area contributed by atoms with Crippen LogP contribution >= 0.6 is 0 Å². The van der Waals surface area contributed by atoms with Crippen LogP contribution in [0, 0.1) is 34.5 Å². The van der Waals surface area contributed by atoms with Crippen LogP contribution in [0.25, 0.3) is 11.5 Å². The van der Waals surface area contributed by atoms with Crippen LogP contribution in [0.1, 0.15) is 70.6 Å². The van der Waals surface area contributed by atoms with Gasteiger partial charge in [-0.15, -0.1) is 0 Å². The predicted molar refractivity (Wildman–Crippen MR) is 118 cm³/mol. The Hall–Kier alpha value is -1.61. The summed E-state index contributed by atoms with van der Waals surface area (Å²) in [5.41, 5.74) is 3.73. The number of aliphatic hydroxyl groups is 1. The molecule has 0 aromatic carbocycles.